The van der Waals surface area contributed by atoms with Crippen LogP contribution < -0.4 is 10.9 Å². The number of nitrogens with one attached hydrogen (secondary N) is 2. The zero-order valence-corrected chi connectivity index (χ0v) is 17.0. The molecular formula is C23H23N5O. The van der Waals surface area contributed by atoms with E-state index in [2.05, 4.69) is 51.2 Å². The van der Waals surface area contributed by atoms with E-state index in [-0.39, 0.29) is 5.56 Å². The Morgan fingerprint density at radius 1 is 0.897 bits per heavy atom. The molecule has 2 heterocycles. The number of fused-ring (bicyclic) bond motifs is 1. The number of H-pyrrole nitrogens is 1. The second-order valence-electron chi connectivity index (χ2n) is 7.35. The molecule has 0 aliphatic carbocycles. The van der Waals surface area contributed by atoms with Crippen LogP contribution in [-0.2, 0) is 6.42 Å². The Kier molecular flexibility index (Phi) is 4.84. The summed E-state index contributed by atoms with van der Waals surface area (Å²) < 4.78 is 0. The van der Waals surface area contributed by atoms with Crippen molar-refractivity contribution in [3.05, 3.63) is 86.5 Å². The lowest BCUT2D eigenvalue weighted by Crippen LogP contribution is -2.19. The van der Waals surface area contributed by atoms with Gasteiger partial charge in [0.05, 0.1) is 16.9 Å². The van der Waals surface area contributed by atoms with Crippen molar-refractivity contribution < 1.29 is 0 Å². The molecule has 2 aromatic heterocycles. The van der Waals surface area contributed by atoms with Gasteiger partial charge in [0.2, 0.25) is 11.9 Å². The van der Waals surface area contributed by atoms with Gasteiger partial charge in [-0.1, -0.05) is 30.3 Å². The third kappa shape index (κ3) is 3.87. The highest BCUT2D eigenvalue weighted by Crippen LogP contribution is 2.22. The number of aromatic nitrogens is 4. The molecular weight excluding hydrogens is 362 g/mol. The third-order valence-electron chi connectivity index (χ3n) is 5.18. The van der Waals surface area contributed by atoms with Crippen LogP contribution in [-0.4, -0.2) is 19.9 Å². The Morgan fingerprint density at radius 2 is 1.62 bits per heavy atom. The molecule has 2 N–H and O–H groups in total. The highest BCUT2D eigenvalue weighted by molar-refractivity contribution is 5.83. The minimum absolute atomic E-state index is 0.159. The maximum absolute atomic E-state index is 12.6. The SMILES string of the molecule is Cc1cc2nc(Nc3nc(C)c(Cc4ccccc4)c(=O)[nH]3)nc(C)c2cc1C. The topological polar surface area (TPSA) is 83.6 Å². The maximum Gasteiger partial charge on any atom is 0.256 e. The number of anilines is 2. The number of nitrogens with zero attached hydrogens (tertiary/aromatic N) is 3. The summed E-state index contributed by atoms with van der Waals surface area (Å²) in [6.07, 6.45) is 0.541. The Balaban J connectivity index is 1.66. The molecule has 29 heavy (non-hydrogen) atoms. The van der Waals surface area contributed by atoms with Crippen molar-refractivity contribution in [3.63, 3.8) is 0 Å². The van der Waals surface area contributed by atoms with Crippen LogP contribution in [0.5, 0.6) is 0 Å². The van der Waals surface area contributed by atoms with Gasteiger partial charge in [0, 0.05) is 17.4 Å². The first-order valence-corrected chi connectivity index (χ1v) is 9.57. The highest BCUT2D eigenvalue weighted by Gasteiger charge is 2.12. The first kappa shape index (κ1) is 18.8. The maximum atomic E-state index is 12.6. The van der Waals surface area contributed by atoms with Crippen molar-refractivity contribution in [1.29, 1.82) is 0 Å². The van der Waals surface area contributed by atoms with E-state index >= 15 is 0 Å². The van der Waals surface area contributed by atoms with Crippen molar-refractivity contribution in [2.24, 2.45) is 0 Å². The molecule has 0 aliphatic heterocycles. The number of hydrogen-bond acceptors (Lipinski definition) is 5. The van der Waals surface area contributed by atoms with Crippen LogP contribution in [0.4, 0.5) is 11.9 Å². The van der Waals surface area contributed by atoms with Crippen molar-refractivity contribution in [3.8, 4) is 0 Å². The van der Waals surface area contributed by atoms with Crippen molar-refractivity contribution in [2.45, 2.75) is 34.1 Å². The summed E-state index contributed by atoms with van der Waals surface area (Å²) in [5, 5.41) is 4.08. The number of benzene rings is 2. The molecule has 4 aromatic rings. The summed E-state index contributed by atoms with van der Waals surface area (Å²) in [7, 11) is 0. The van der Waals surface area contributed by atoms with Crippen molar-refractivity contribution in [1.82, 2.24) is 19.9 Å². The monoisotopic (exact) mass is 385 g/mol. The van der Waals surface area contributed by atoms with Crippen LogP contribution in [0.2, 0.25) is 0 Å². The summed E-state index contributed by atoms with van der Waals surface area (Å²) in [6, 6.07) is 14.0. The van der Waals surface area contributed by atoms with Crippen molar-refractivity contribution in [2.75, 3.05) is 5.32 Å². The fourth-order valence-electron chi connectivity index (χ4n) is 3.38. The van der Waals surface area contributed by atoms with Gasteiger partial charge in [-0.3, -0.25) is 15.1 Å². The molecule has 0 unspecified atom stereocenters. The van der Waals surface area contributed by atoms with Crippen LogP contribution in [0.3, 0.4) is 0 Å². The summed E-state index contributed by atoms with van der Waals surface area (Å²) in [5.41, 5.74) is 6.38. The standard InChI is InChI=1S/C23H23N5O/c1-13-10-18-15(3)24-22(26-20(18)11-14(13)2)28-23-25-16(4)19(21(29)27-23)12-17-8-6-5-7-9-17/h5-11H,12H2,1-4H3,(H2,24,25,26,27,28,29). The lowest BCUT2D eigenvalue weighted by molar-refractivity contribution is 0.978. The third-order valence-corrected chi connectivity index (χ3v) is 5.18. The number of aromatic amines is 1. The second-order valence-corrected chi connectivity index (χ2v) is 7.35. The van der Waals surface area contributed by atoms with E-state index in [4.69, 9.17) is 0 Å². The van der Waals surface area contributed by atoms with E-state index in [1.807, 2.05) is 44.2 Å². The van der Waals surface area contributed by atoms with Gasteiger partial charge in [-0.05, 0) is 56.5 Å². The Bertz CT molecular complexity index is 1260. The Morgan fingerprint density at radius 3 is 2.34 bits per heavy atom. The van der Waals surface area contributed by atoms with Crippen LogP contribution >= 0.6 is 0 Å². The average molecular weight is 385 g/mol. The van der Waals surface area contributed by atoms with Gasteiger partial charge in [-0.25, -0.2) is 15.0 Å². The summed E-state index contributed by atoms with van der Waals surface area (Å²) in [6.45, 7) is 7.94. The molecule has 0 amide bonds. The first-order valence-electron chi connectivity index (χ1n) is 9.57. The van der Waals surface area contributed by atoms with Crippen LogP contribution in [0.15, 0.2) is 47.3 Å². The van der Waals surface area contributed by atoms with E-state index in [0.717, 1.165) is 22.2 Å². The molecule has 0 saturated carbocycles. The molecule has 0 radical (unpaired) electrons. The first-order chi connectivity index (χ1) is 13.9. The molecule has 6 nitrogen and oxygen atoms in total. The van der Waals surface area contributed by atoms with Gasteiger partial charge in [0.25, 0.3) is 5.56 Å². The fraction of sp³-hybridized carbons (Fsp3) is 0.217. The van der Waals surface area contributed by atoms with Crippen LogP contribution in [0.1, 0.15) is 33.6 Å². The molecule has 0 bridgehead atoms. The molecule has 6 heteroatoms. The smallest absolute Gasteiger partial charge is 0.256 e. The molecule has 2 aromatic carbocycles. The molecule has 0 aliphatic rings. The van der Waals surface area contributed by atoms with Crippen LogP contribution in [0, 0.1) is 27.7 Å². The highest BCUT2D eigenvalue weighted by atomic mass is 16.1. The molecule has 146 valence electrons. The van der Waals surface area contributed by atoms with Gasteiger partial charge >= 0.3 is 0 Å². The van der Waals surface area contributed by atoms with Crippen LogP contribution in [0.25, 0.3) is 10.9 Å². The average Bonchev–Trinajstić information content (AvgIpc) is 2.67. The second kappa shape index (κ2) is 7.47. The van der Waals surface area contributed by atoms with E-state index in [1.165, 1.54) is 11.1 Å². The van der Waals surface area contributed by atoms with E-state index in [9.17, 15) is 4.79 Å². The van der Waals surface area contributed by atoms with Crippen molar-refractivity contribution >= 4 is 22.8 Å². The quantitative estimate of drug-likeness (QED) is 0.548. The van der Waals surface area contributed by atoms with Gasteiger partial charge in [0.1, 0.15) is 0 Å². The molecule has 0 spiro atoms. The summed E-state index contributed by atoms with van der Waals surface area (Å²) in [5.74, 6) is 0.753. The molecule has 0 atom stereocenters. The predicted molar refractivity (Wildman–Crippen MR) is 116 cm³/mol. The zero-order valence-electron chi connectivity index (χ0n) is 17.0. The number of rotatable bonds is 4. The minimum Gasteiger partial charge on any atom is -0.294 e. The van der Waals surface area contributed by atoms with E-state index in [1.54, 1.807) is 0 Å². The van der Waals surface area contributed by atoms with Gasteiger partial charge in [-0.2, -0.15) is 0 Å². The normalized spacial score (nSPS) is 11.0. The van der Waals surface area contributed by atoms with E-state index < -0.39 is 0 Å². The van der Waals surface area contributed by atoms with Gasteiger partial charge in [0.15, 0.2) is 0 Å². The zero-order chi connectivity index (χ0) is 20.5. The van der Waals surface area contributed by atoms with E-state index in [0.29, 0.717) is 29.6 Å². The fourth-order valence-corrected chi connectivity index (χ4v) is 3.38. The lowest BCUT2D eigenvalue weighted by Gasteiger charge is -2.11. The summed E-state index contributed by atoms with van der Waals surface area (Å²) >= 11 is 0. The molecule has 4 rings (SSSR count). The number of hydrogen-bond donors (Lipinski definition) is 2. The molecule has 0 fully saturated rings. The Labute approximate surface area is 169 Å². The van der Waals surface area contributed by atoms with Gasteiger partial charge in [-0.15, -0.1) is 0 Å². The summed E-state index contributed by atoms with van der Waals surface area (Å²) in [4.78, 5) is 29.1. The minimum atomic E-state index is -0.159. The molecule has 0 saturated heterocycles. The lowest BCUT2D eigenvalue weighted by atomic mass is 10.1. The predicted octanol–water partition coefficient (Wildman–Crippen LogP) is 4.28. The Hall–Kier alpha value is -3.54. The van der Waals surface area contributed by atoms with Gasteiger partial charge < -0.3 is 0 Å². The number of aryl methyl sites for hydroxylation is 4. The largest absolute Gasteiger partial charge is 0.294 e.